The third-order valence-electron chi connectivity index (χ3n) is 3.78. The van der Waals surface area contributed by atoms with Gasteiger partial charge >= 0.3 is 5.97 Å². The predicted molar refractivity (Wildman–Crippen MR) is 79.2 cm³/mol. The maximum Gasteiger partial charge on any atom is 0.338 e. The second-order valence-electron chi connectivity index (χ2n) is 5.22. The summed E-state index contributed by atoms with van der Waals surface area (Å²) >= 11 is 3.55. The average molecular weight is 326 g/mol. The minimum absolute atomic E-state index is 0.262. The molecule has 0 N–H and O–H groups in total. The normalized spacial score (nSPS) is 17.4. The minimum atomic E-state index is -0.262. The molecule has 2 rings (SSSR count). The zero-order valence-corrected chi connectivity index (χ0v) is 13.1. The van der Waals surface area contributed by atoms with Crippen molar-refractivity contribution in [1.29, 1.82) is 0 Å². The summed E-state index contributed by atoms with van der Waals surface area (Å²) < 4.78 is 5.84. The van der Waals surface area contributed by atoms with E-state index in [1.807, 2.05) is 18.2 Å². The van der Waals surface area contributed by atoms with E-state index in [2.05, 4.69) is 27.8 Å². The molecule has 1 fully saturated rings. The summed E-state index contributed by atoms with van der Waals surface area (Å²) in [6, 6.07) is 5.69. The highest BCUT2D eigenvalue weighted by Gasteiger charge is 2.20. The van der Waals surface area contributed by atoms with Crippen molar-refractivity contribution in [1.82, 2.24) is 4.90 Å². The van der Waals surface area contributed by atoms with Crippen LogP contribution >= 0.6 is 15.9 Å². The highest BCUT2D eigenvalue weighted by atomic mass is 79.9. The molecule has 0 saturated carbocycles. The van der Waals surface area contributed by atoms with Crippen LogP contribution < -0.4 is 0 Å². The fourth-order valence-electron chi connectivity index (χ4n) is 2.46. The summed E-state index contributed by atoms with van der Waals surface area (Å²) in [6.45, 7) is 5.31. The van der Waals surface area contributed by atoms with Gasteiger partial charge in [-0.05, 0) is 49.5 Å². The predicted octanol–water partition coefficient (Wildman–Crippen LogP) is 3.47. The number of ether oxygens (including phenoxy) is 1. The number of piperidine rings is 1. The molecule has 1 aliphatic rings. The number of esters is 1. The number of rotatable bonds is 3. The molecule has 4 heteroatoms. The van der Waals surface area contributed by atoms with Crippen molar-refractivity contribution in [3.05, 3.63) is 33.8 Å². The van der Waals surface area contributed by atoms with Gasteiger partial charge in [0.15, 0.2) is 0 Å². The molecule has 0 amide bonds. The van der Waals surface area contributed by atoms with Crippen molar-refractivity contribution in [3.8, 4) is 0 Å². The molecule has 0 unspecified atom stereocenters. The third-order valence-corrected chi connectivity index (χ3v) is 4.53. The monoisotopic (exact) mass is 325 g/mol. The van der Waals surface area contributed by atoms with Crippen molar-refractivity contribution in [2.24, 2.45) is 5.92 Å². The van der Waals surface area contributed by atoms with E-state index in [-0.39, 0.29) is 5.97 Å². The van der Waals surface area contributed by atoms with E-state index in [1.54, 1.807) is 0 Å². The first-order chi connectivity index (χ1) is 9.11. The molecule has 0 atom stereocenters. The minimum Gasteiger partial charge on any atom is -0.465 e. The van der Waals surface area contributed by atoms with Crippen LogP contribution in [0.2, 0.25) is 0 Å². The van der Waals surface area contributed by atoms with Crippen LogP contribution in [0.15, 0.2) is 22.7 Å². The van der Waals surface area contributed by atoms with Gasteiger partial charge < -0.3 is 4.74 Å². The average Bonchev–Trinajstić information content (AvgIpc) is 2.42. The Bertz CT molecular complexity index is 453. The standard InChI is InChI=1S/C15H20BrNO2/c1-11-6-8-17(9-7-11)10-13-12(15(18)19-2)4-3-5-14(13)16/h3-5,11H,6-10H2,1-2H3. The number of likely N-dealkylation sites (tertiary alicyclic amines) is 1. The number of methoxy groups -OCH3 is 1. The van der Waals surface area contributed by atoms with Crippen molar-refractivity contribution in [2.45, 2.75) is 26.3 Å². The number of carbonyl (C=O) groups excluding carboxylic acids is 1. The van der Waals surface area contributed by atoms with Gasteiger partial charge in [-0.15, -0.1) is 0 Å². The Morgan fingerprint density at radius 2 is 2.11 bits per heavy atom. The molecule has 0 radical (unpaired) electrons. The van der Waals surface area contributed by atoms with Crippen LogP contribution in [-0.2, 0) is 11.3 Å². The van der Waals surface area contributed by atoms with Crippen molar-refractivity contribution >= 4 is 21.9 Å². The van der Waals surface area contributed by atoms with Gasteiger partial charge in [-0.3, -0.25) is 4.90 Å². The van der Waals surface area contributed by atoms with E-state index >= 15 is 0 Å². The number of hydrogen-bond donors (Lipinski definition) is 0. The van der Waals surface area contributed by atoms with Gasteiger partial charge in [0.25, 0.3) is 0 Å². The van der Waals surface area contributed by atoms with E-state index in [9.17, 15) is 4.79 Å². The van der Waals surface area contributed by atoms with Crippen LogP contribution in [0.4, 0.5) is 0 Å². The Kier molecular flexibility index (Phi) is 4.99. The molecule has 1 heterocycles. The third kappa shape index (κ3) is 3.57. The summed E-state index contributed by atoms with van der Waals surface area (Å²) in [5, 5.41) is 0. The lowest BCUT2D eigenvalue weighted by Crippen LogP contribution is -2.33. The highest BCUT2D eigenvalue weighted by molar-refractivity contribution is 9.10. The van der Waals surface area contributed by atoms with Crippen LogP contribution in [0.1, 0.15) is 35.7 Å². The Morgan fingerprint density at radius 3 is 2.74 bits per heavy atom. The van der Waals surface area contributed by atoms with Gasteiger partial charge in [-0.2, -0.15) is 0 Å². The molecule has 104 valence electrons. The van der Waals surface area contributed by atoms with Crippen LogP contribution in [-0.4, -0.2) is 31.1 Å². The maximum absolute atomic E-state index is 11.8. The number of hydrogen-bond acceptors (Lipinski definition) is 3. The summed E-state index contributed by atoms with van der Waals surface area (Å²) in [5.41, 5.74) is 1.69. The molecule has 19 heavy (non-hydrogen) atoms. The van der Waals surface area contributed by atoms with E-state index in [4.69, 9.17) is 4.74 Å². The van der Waals surface area contributed by atoms with Gasteiger partial charge in [0.05, 0.1) is 12.7 Å². The van der Waals surface area contributed by atoms with E-state index in [0.717, 1.165) is 35.6 Å². The lowest BCUT2D eigenvalue weighted by Gasteiger charge is -2.30. The Hall–Kier alpha value is -0.870. The molecular formula is C15H20BrNO2. The topological polar surface area (TPSA) is 29.5 Å². The molecule has 3 nitrogen and oxygen atoms in total. The molecule has 0 bridgehead atoms. The second kappa shape index (κ2) is 6.53. The first kappa shape index (κ1) is 14.5. The van der Waals surface area contributed by atoms with Crippen molar-refractivity contribution in [3.63, 3.8) is 0 Å². The van der Waals surface area contributed by atoms with Gasteiger partial charge in [0.2, 0.25) is 0 Å². The number of benzene rings is 1. The summed E-state index contributed by atoms with van der Waals surface area (Å²) in [6.07, 6.45) is 2.47. The van der Waals surface area contributed by atoms with Crippen LogP contribution in [0.3, 0.4) is 0 Å². The summed E-state index contributed by atoms with van der Waals surface area (Å²) in [4.78, 5) is 14.2. The molecule has 1 aromatic carbocycles. The van der Waals surface area contributed by atoms with Crippen LogP contribution in [0, 0.1) is 5.92 Å². The summed E-state index contributed by atoms with van der Waals surface area (Å²) in [7, 11) is 1.43. The van der Waals surface area contributed by atoms with Crippen LogP contribution in [0.25, 0.3) is 0 Å². The quantitative estimate of drug-likeness (QED) is 0.797. The van der Waals surface area contributed by atoms with Crippen LogP contribution in [0.5, 0.6) is 0 Å². The molecule has 0 aromatic heterocycles. The zero-order chi connectivity index (χ0) is 13.8. The van der Waals surface area contributed by atoms with Gasteiger partial charge in [0, 0.05) is 11.0 Å². The lowest BCUT2D eigenvalue weighted by atomic mass is 9.98. The number of nitrogens with zero attached hydrogens (tertiary/aromatic N) is 1. The first-order valence-electron chi connectivity index (χ1n) is 6.70. The number of carbonyl (C=O) groups is 1. The van der Waals surface area contributed by atoms with Gasteiger partial charge in [-0.1, -0.05) is 28.9 Å². The largest absolute Gasteiger partial charge is 0.465 e. The first-order valence-corrected chi connectivity index (χ1v) is 7.49. The van der Waals surface area contributed by atoms with E-state index in [1.165, 1.54) is 20.0 Å². The Balaban J connectivity index is 2.17. The van der Waals surface area contributed by atoms with Gasteiger partial charge in [0.1, 0.15) is 0 Å². The van der Waals surface area contributed by atoms with E-state index < -0.39 is 0 Å². The molecule has 1 aliphatic heterocycles. The fourth-order valence-corrected chi connectivity index (χ4v) is 2.96. The van der Waals surface area contributed by atoms with Crippen molar-refractivity contribution < 1.29 is 9.53 Å². The zero-order valence-electron chi connectivity index (χ0n) is 11.5. The lowest BCUT2D eigenvalue weighted by molar-refractivity contribution is 0.0597. The summed E-state index contributed by atoms with van der Waals surface area (Å²) in [5.74, 6) is 0.553. The Labute approximate surface area is 123 Å². The van der Waals surface area contributed by atoms with Gasteiger partial charge in [-0.25, -0.2) is 4.79 Å². The highest BCUT2D eigenvalue weighted by Crippen LogP contribution is 2.25. The number of halogens is 1. The molecule has 0 aliphatic carbocycles. The van der Waals surface area contributed by atoms with Crippen molar-refractivity contribution in [2.75, 3.05) is 20.2 Å². The molecule has 1 aromatic rings. The fraction of sp³-hybridized carbons (Fsp3) is 0.533. The smallest absolute Gasteiger partial charge is 0.338 e. The maximum atomic E-state index is 11.8. The Morgan fingerprint density at radius 1 is 1.42 bits per heavy atom. The second-order valence-corrected chi connectivity index (χ2v) is 6.07. The molecule has 0 spiro atoms. The SMILES string of the molecule is COC(=O)c1cccc(Br)c1CN1CCC(C)CC1. The van der Waals surface area contributed by atoms with E-state index in [0.29, 0.717) is 5.56 Å². The molecular weight excluding hydrogens is 306 g/mol. The molecule has 1 saturated heterocycles.